The van der Waals surface area contributed by atoms with Crippen molar-refractivity contribution in [1.29, 1.82) is 0 Å². The molecule has 2 aromatic carbocycles. The summed E-state index contributed by atoms with van der Waals surface area (Å²) in [6, 6.07) is 14.0. The molecule has 10 nitrogen and oxygen atoms in total. The lowest BCUT2D eigenvalue weighted by molar-refractivity contribution is 0.0969. The Bertz CT molecular complexity index is 1580. The normalized spacial score (nSPS) is 14.7. The first-order valence-electron chi connectivity index (χ1n) is 12.3. The van der Waals surface area contributed by atoms with Gasteiger partial charge in [0.25, 0.3) is 0 Å². The number of nitrogens with zero attached hydrogens (tertiary/aromatic N) is 3. The Kier molecular flexibility index (Phi) is 7.13. The van der Waals surface area contributed by atoms with Gasteiger partial charge >= 0.3 is 0 Å². The fourth-order valence-electron chi connectivity index (χ4n) is 4.60. The number of hydrogen-bond donors (Lipinski definition) is 2. The molecular formula is C27H31N5O5S. The smallest absolute Gasteiger partial charge is 0.193 e. The molecule has 0 bridgehead atoms. The number of ketones is 1. The zero-order valence-corrected chi connectivity index (χ0v) is 22.4. The van der Waals surface area contributed by atoms with E-state index in [0.29, 0.717) is 28.4 Å². The number of aromatic amines is 1. The second kappa shape index (κ2) is 10.5. The van der Waals surface area contributed by atoms with Gasteiger partial charge in [0.15, 0.2) is 15.6 Å². The molecule has 0 fully saturated rings. The topological polar surface area (TPSA) is 119 Å². The summed E-state index contributed by atoms with van der Waals surface area (Å²) in [6.45, 7) is 2.38. The van der Waals surface area contributed by atoms with Crippen LogP contribution in [0.5, 0.6) is 11.5 Å². The molecule has 0 aliphatic carbocycles. The third-order valence-electron chi connectivity index (χ3n) is 6.57. The summed E-state index contributed by atoms with van der Waals surface area (Å²) >= 11 is 0. The summed E-state index contributed by atoms with van der Waals surface area (Å²) in [4.78, 5) is 19.5. The number of fused-ring (bicyclic) bond motifs is 2. The third-order valence-corrected chi connectivity index (χ3v) is 7.48. The van der Waals surface area contributed by atoms with E-state index in [-0.39, 0.29) is 18.1 Å². The Balaban J connectivity index is 1.51. The maximum absolute atomic E-state index is 14.1. The van der Waals surface area contributed by atoms with Crippen molar-refractivity contribution >= 4 is 32.2 Å². The monoisotopic (exact) mass is 537 g/mol. The number of anilines is 1. The summed E-state index contributed by atoms with van der Waals surface area (Å²) in [5.74, 6) is 0.699. The average Bonchev–Trinajstić information content (AvgIpc) is 3.50. The van der Waals surface area contributed by atoms with Crippen LogP contribution in [0, 0.1) is 0 Å². The summed E-state index contributed by atoms with van der Waals surface area (Å²) in [6.07, 6.45) is 2.90. The Morgan fingerprint density at radius 2 is 1.95 bits per heavy atom. The van der Waals surface area contributed by atoms with E-state index < -0.39 is 15.9 Å². The van der Waals surface area contributed by atoms with E-state index in [9.17, 15) is 13.2 Å². The van der Waals surface area contributed by atoms with Gasteiger partial charge in [-0.3, -0.25) is 14.4 Å². The molecule has 38 heavy (non-hydrogen) atoms. The molecule has 2 N–H and O–H groups in total. The van der Waals surface area contributed by atoms with E-state index in [1.165, 1.54) is 7.11 Å². The van der Waals surface area contributed by atoms with Crippen LogP contribution in [0.2, 0.25) is 0 Å². The zero-order valence-electron chi connectivity index (χ0n) is 21.6. The van der Waals surface area contributed by atoms with Gasteiger partial charge in [0.1, 0.15) is 24.1 Å². The predicted octanol–water partition coefficient (Wildman–Crippen LogP) is 3.28. The van der Waals surface area contributed by atoms with Gasteiger partial charge < -0.3 is 19.8 Å². The van der Waals surface area contributed by atoms with Gasteiger partial charge in [0.05, 0.1) is 30.8 Å². The van der Waals surface area contributed by atoms with Gasteiger partial charge in [0, 0.05) is 65.9 Å². The molecule has 0 spiro atoms. The first-order chi connectivity index (χ1) is 18.2. The Morgan fingerprint density at radius 1 is 1.16 bits per heavy atom. The van der Waals surface area contributed by atoms with E-state index in [1.807, 2.05) is 35.0 Å². The minimum atomic E-state index is -3.17. The van der Waals surface area contributed by atoms with Crippen molar-refractivity contribution in [3.05, 3.63) is 71.7 Å². The van der Waals surface area contributed by atoms with Crippen molar-refractivity contribution < 1.29 is 22.7 Å². The Labute approximate surface area is 221 Å². The maximum atomic E-state index is 14.1. The van der Waals surface area contributed by atoms with E-state index in [0.717, 1.165) is 42.5 Å². The van der Waals surface area contributed by atoms with Crippen LogP contribution in [0.15, 0.2) is 54.7 Å². The molecule has 3 heterocycles. The van der Waals surface area contributed by atoms with Crippen molar-refractivity contribution in [3.63, 3.8) is 0 Å². The lowest BCUT2D eigenvalue weighted by atomic mass is 10.00. The lowest BCUT2D eigenvalue weighted by Gasteiger charge is -2.22. The van der Waals surface area contributed by atoms with Crippen molar-refractivity contribution in [2.75, 3.05) is 44.6 Å². The van der Waals surface area contributed by atoms with E-state index in [1.54, 1.807) is 24.4 Å². The number of likely N-dealkylation sites (N-methyl/N-ethyl adjacent to an activating group) is 1. The highest BCUT2D eigenvalue weighted by Gasteiger charge is 2.29. The molecule has 4 aromatic rings. The summed E-state index contributed by atoms with van der Waals surface area (Å²) < 4.78 is 36.2. The van der Waals surface area contributed by atoms with Crippen LogP contribution in [-0.2, 0) is 22.9 Å². The number of aromatic nitrogens is 3. The number of rotatable bonds is 10. The number of sulfone groups is 1. The first kappa shape index (κ1) is 25.8. The van der Waals surface area contributed by atoms with Crippen molar-refractivity contribution in [3.8, 4) is 11.5 Å². The van der Waals surface area contributed by atoms with Gasteiger partial charge in [-0.05, 0) is 19.2 Å². The molecule has 0 amide bonds. The molecule has 1 aliphatic heterocycles. The fourth-order valence-corrected chi connectivity index (χ4v) is 4.99. The van der Waals surface area contributed by atoms with Crippen LogP contribution in [0.25, 0.3) is 10.9 Å². The minimum absolute atomic E-state index is 0.00439. The van der Waals surface area contributed by atoms with Crippen LogP contribution in [-0.4, -0.2) is 73.2 Å². The number of nitrogens with one attached hydrogen (secondary N) is 2. The second-order valence-corrected chi connectivity index (χ2v) is 11.8. The molecule has 1 atom stereocenters. The average molecular weight is 538 g/mol. The Morgan fingerprint density at radius 3 is 2.74 bits per heavy atom. The highest BCUT2D eigenvalue weighted by atomic mass is 32.2. The molecule has 0 saturated heterocycles. The van der Waals surface area contributed by atoms with Gasteiger partial charge in [-0.2, -0.15) is 5.10 Å². The van der Waals surface area contributed by atoms with Crippen molar-refractivity contribution in [2.45, 2.75) is 19.1 Å². The number of Topliss-reactive ketones (excluding diaryl/α,β-unsaturated/α-hetero) is 1. The van der Waals surface area contributed by atoms with Crippen molar-refractivity contribution in [2.24, 2.45) is 0 Å². The molecule has 0 saturated carbocycles. The van der Waals surface area contributed by atoms with Crippen LogP contribution in [0.1, 0.15) is 27.8 Å². The molecule has 0 radical (unpaired) electrons. The maximum Gasteiger partial charge on any atom is 0.193 e. The summed E-state index contributed by atoms with van der Waals surface area (Å²) in [7, 11) is 0.427. The highest BCUT2D eigenvalue weighted by molar-refractivity contribution is 7.90. The number of hydrogen-bond acceptors (Lipinski definition) is 8. The molecule has 11 heteroatoms. The third kappa shape index (κ3) is 5.68. The largest absolute Gasteiger partial charge is 0.497 e. The molecular weight excluding hydrogens is 506 g/mol. The molecule has 2 aromatic heterocycles. The van der Waals surface area contributed by atoms with Crippen LogP contribution in [0.4, 0.5) is 5.69 Å². The highest BCUT2D eigenvalue weighted by Crippen LogP contribution is 2.32. The SMILES string of the molecule is COc1cc(NC(C(=O)c2c[nH]c3ccccc23)c2cc3n(n2)CCN(C)C3)cc(OCCS(C)(=O)=O)c1. The van der Waals surface area contributed by atoms with E-state index in [4.69, 9.17) is 14.6 Å². The van der Waals surface area contributed by atoms with Crippen LogP contribution >= 0.6 is 0 Å². The number of methoxy groups -OCH3 is 1. The quantitative estimate of drug-likeness (QED) is 0.296. The van der Waals surface area contributed by atoms with Crippen LogP contribution in [0.3, 0.4) is 0 Å². The van der Waals surface area contributed by atoms with E-state index >= 15 is 0 Å². The number of para-hydroxylation sites is 1. The number of benzene rings is 2. The summed E-state index contributed by atoms with van der Waals surface area (Å²) in [5.41, 5.74) is 3.69. The molecule has 5 rings (SSSR count). The molecule has 1 aliphatic rings. The van der Waals surface area contributed by atoms with Crippen molar-refractivity contribution in [1.82, 2.24) is 19.7 Å². The second-order valence-electron chi connectivity index (χ2n) is 9.59. The number of ether oxygens (including phenoxy) is 2. The number of carbonyl (C=O) groups excluding carboxylic acids is 1. The number of H-pyrrole nitrogens is 1. The minimum Gasteiger partial charge on any atom is -0.497 e. The van der Waals surface area contributed by atoms with Gasteiger partial charge in [0.2, 0.25) is 0 Å². The van der Waals surface area contributed by atoms with Gasteiger partial charge in [-0.25, -0.2) is 8.42 Å². The predicted molar refractivity (Wildman–Crippen MR) is 146 cm³/mol. The van der Waals surface area contributed by atoms with Crippen LogP contribution < -0.4 is 14.8 Å². The van der Waals surface area contributed by atoms with Gasteiger partial charge in [-0.15, -0.1) is 0 Å². The first-order valence-corrected chi connectivity index (χ1v) is 14.4. The molecule has 1 unspecified atom stereocenters. The van der Waals surface area contributed by atoms with Gasteiger partial charge in [-0.1, -0.05) is 18.2 Å². The van der Waals surface area contributed by atoms with E-state index in [2.05, 4.69) is 22.2 Å². The standard InChI is InChI=1S/C27H31N5O5S/c1-31-8-9-32-19(17-31)14-25(30-32)26(27(33)23-16-28-24-7-5-4-6-22(23)24)29-18-12-20(36-2)15-21(13-18)37-10-11-38(3,34)35/h4-7,12-16,26,28-29H,8-11,17H2,1-3H3. The lowest BCUT2D eigenvalue weighted by Crippen LogP contribution is -2.30. The molecule has 200 valence electrons. The zero-order chi connectivity index (χ0) is 26.9. The summed E-state index contributed by atoms with van der Waals surface area (Å²) in [5, 5.41) is 9.00. The Hall–Kier alpha value is -3.83. The fraction of sp³-hybridized carbons (Fsp3) is 0.333. The number of carbonyl (C=O) groups is 1.